The summed E-state index contributed by atoms with van der Waals surface area (Å²) in [5, 5.41) is 4.28. The Morgan fingerprint density at radius 3 is 2.69 bits per heavy atom. The average Bonchev–Trinajstić information content (AvgIpc) is 2.70. The van der Waals surface area contributed by atoms with Crippen LogP contribution in [-0.4, -0.2) is 22.2 Å². The second kappa shape index (κ2) is 6.30. The second-order valence-electron chi connectivity index (χ2n) is 3.95. The topological polar surface area (TPSA) is 38.1 Å². The van der Waals surface area contributed by atoms with E-state index < -0.39 is 0 Å². The van der Waals surface area contributed by atoms with Gasteiger partial charge < -0.3 is 0 Å². The number of hydrogen-bond acceptors (Lipinski definition) is 2. The largest absolute Gasteiger partial charge is 0.295 e. The minimum atomic E-state index is 0.148. The number of aryl methyl sites for hydroxylation is 1. The third-order valence-electron chi connectivity index (χ3n) is 2.56. The van der Waals surface area contributed by atoms with Crippen LogP contribution in [0.25, 0.3) is 0 Å². The van der Waals surface area contributed by atoms with Gasteiger partial charge in [0.15, 0.2) is 5.82 Å². The molecule has 0 aliphatic rings. The molecule has 0 bridgehead atoms. The van der Waals surface area contributed by atoms with E-state index in [2.05, 4.69) is 12.0 Å². The fourth-order valence-electron chi connectivity index (χ4n) is 1.62. The molecular weight excluding hydrogens is 202 g/mol. The first-order chi connectivity index (χ1) is 7.69. The third kappa shape index (κ3) is 3.36. The minimum Gasteiger partial charge on any atom is -0.295 e. The maximum atomic E-state index is 11.8. The highest BCUT2D eigenvalue weighted by Gasteiger charge is 2.15. The van der Waals surface area contributed by atoms with E-state index in [0.29, 0.717) is 6.42 Å². The molecule has 0 radical (unpaired) electrons. The number of anilines is 1. The summed E-state index contributed by atoms with van der Waals surface area (Å²) in [5.41, 5.74) is 0. The number of amides is 1. The molecule has 0 N–H and O–H groups in total. The molecule has 90 valence electrons. The van der Waals surface area contributed by atoms with Crippen LogP contribution < -0.4 is 4.90 Å². The molecule has 0 aromatic carbocycles. The zero-order chi connectivity index (χ0) is 12.0. The molecule has 1 aromatic rings. The number of rotatable bonds is 6. The molecule has 1 amide bonds. The quantitative estimate of drug-likeness (QED) is 0.694. The van der Waals surface area contributed by atoms with Gasteiger partial charge in [-0.15, -0.1) is 0 Å². The molecule has 4 heteroatoms. The van der Waals surface area contributed by atoms with Crippen molar-refractivity contribution in [3.05, 3.63) is 12.3 Å². The van der Waals surface area contributed by atoms with Crippen LogP contribution >= 0.6 is 0 Å². The van der Waals surface area contributed by atoms with Crippen molar-refractivity contribution in [2.24, 2.45) is 7.05 Å². The lowest BCUT2D eigenvalue weighted by atomic mass is 10.2. The molecular formula is C12H21N3O. The van der Waals surface area contributed by atoms with Gasteiger partial charge in [0.05, 0.1) is 0 Å². The fraction of sp³-hybridized carbons (Fsp3) is 0.667. The summed E-state index contributed by atoms with van der Waals surface area (Å²) >= 11 is 0. The molecule has 1 rings (SSSR count). The summed E-state index contributed by atoms with van der Waals surface area (Å²) in [5.74, 6) is 0.917. The van der Waals surface area contributed by atoms with Crippen LogP contribution in [-0.2, 0) is 11.8 Å². The van der Waals surface area contributed by atoms with Gasteiger partial charge in [-0.1, -0.05) is 26.7 Å². The van der Waals surface area contributed by atoms with Crippen molar-refractivity contribution >= 4 is 11.7 Å². The SMILES string of the molecule is CCCCCN(C(=O)CC)c1ccn(C)n1. The number of hydrogen-bond donors (Lipinski definition) is 0. The van der Waals surface area contributed by atoms with Crippen LogP contribution in [0.3, 0.4) is 0 Å². The van der Waals surface area contributed by atoms with Crippen molar-refractivity contribution in [1.29, 1.82) is 0 Å². The number of carbonyl (C=O) groups excluding carboxylic acids is 1. The normalized spacial score (nSPS) is 10.4. The van der Waals surface area contributed by atoms with Crippen LogP contribution in [0, 0.1) is 0 Å². The van der Waals surface area contributed by atoms with Crippen molar-refractivity contribution in [1.82, 2.24) is 9.78 Å². The van der Waals surface area contributed by atoms with E-state index in [1.165, 1.54) is 0 Å². The molecule has 0 atom stereocenters. The zero-order valence-corrected chi connectivity index (χ0v) is 10.4. The summed E-state index contributed by atoms with van der Waals surface area (Å²) in [4.78, 5) is 13.6. The lowest BCUT2D eigenvalue weighted by molar-refractivity contribution is -0.118. The average molecular weight is 223 g/mol. The van der Waals surface area contributed by atoms with Gasteiger partial charge in [0, 0.05) is 32.3 Å². The molecule has 1 heterocycles. The summed E-state index contributed by atoms with van der Waals surface area (Å²) in [6.07, 6.45) is 5.75. The van der Waals surface area contributed by atoms with Gasteiger partial charge in [-0.25, -0.2) is 0 Å². The van der Waals surface area contributed by atoms with Crippen LogP contribution in [0.4, 0.5) is 5.82 Å². The number of unbranched alkanes of at least 4 members (excludes halogenated alkanes) is 2. The van der Waals surface area contributed by atoms with E-state index in [-0.39, 0.29) is 5.91 Å². The molecule has 0 unspecified atom stereocenters. The van der Waals surface area contributed by atoms with Crippen molar-refractivity contribution in [3.63, 3.8) is 0 Å². The molecule has 0 spiro atoms. The smallest absolute Gasteiger partial charge is 0.227 e. The van der Waals surface area contributed by atoms with Crippen LogP contribution in [0.15, 0.2) is 12.3 Å². The summed E-state index contributed by atoms with van der Waals surface area (Å²) in [7, 11) is 1.87. The molecule has 1 aromatic heterocycles. The molecule has 0 fully saturated rings. The number of nitrogens with zero attached hydrogens (tertiary/aromatic N) is 3. The van der Waals surface area contributed by atoms with Crippen molar-refractivity contribution in [3.8, 4) is 0 Å². The maximum Gasteiger partial charge on any atom is 0.227 e. The predicted octanol–water partition coefficient (Wildman–Crippen LogP) is 2.35. The number of aromatic nitrogens is 2. The molecule has 0 aliphatic carbocycles. The minimum absolute atomic E-state index is 0.148. The molecule has 0 saturated carbocycles. The van der Waals surface area contributed by atoms with Crippen molar-refractivity contribution in [2.45, 2.75) is 39.5 Å². The third-order valence-corrected chi connectivity index (χ3v) is 2.56. The summed E-state index contributed by atoms with van der Waals surface area (Å²) in [6.45, 7) is 4.82. The van der Waals surface area contributed by atoms with E-state index >= 15 is 0 Å². The van der Waals surface area contributed by atoms with Crippen LogP contribution in [0.2, 0.25) is 0 Å². The molecule has 0 aliphatic heterocycles. The van der Waals surface area contributed by atoms with Crippen molar-refractivity contribution in [2.75, 3.05) is 11.4 Å². The molecule has 0 saturated heterocycles. The van der Waals surface area contributed by atoms with Gasteiger partial charge in [0.2, 0.25) is 5.91 Å². The maximum absolute atomic E-state index is 11.8. The standard InChI is InChI=1S/C12H21N3O/c1-4-6-7-9-15(12(16)5-2)11-8-10-14(3)13-11/h8,10H,4-7,9H2,1-3H3. The van der Waals surface area contributed by atoms with Gasteiger partial charge in [-0.05, 0) is 6.42 Å². The van der Waals surface area contributed by atoms with Gasteiger partial charge in [-0.2, -0.15) is 5.10 Å². The Hall–Kier alpha value is -1.32. The highest BCUT2D eigenvalue weighted by Crippen LogP contribution is 2.13. The first-order valence-corrected chi connectivity index (χ1v) is 5.99. The Bertz CT molecular complexity index is 333. The Labute approximate surface area is 97.2 Å². The number of carbonyl (C=O) groups is 1. The second-order valence-corrected chi connectivity index (χ2v) is 3.95. The van der Waals surface area contributed by atoms with E-state index in [1.807, 2.05) is 26.2 Å². The van der Waals surface area contributed by atoms with E-state index in [9.17, 15) is 4.79 Å². The first-order valence-electron chi connectivity index (χ1n) is 5.99. The van der Waals surface area contributed by atoms with Crippen molar-refractivity contribution < 1.29 is 4.79 Å². The molecule has 16 heavy (non-hydrogen) atoms. The van der Waals surface area contributed by atoms with Gasteiger partial charge >= 0.3 is 0 Å². The fourth-order valence-corrected chi connectivity index (χ4v) is 1.62. The lowest BCUT2D eigenvalue weighted by Crippen LogP contribution is -2.31. The zero-order valence-electron chi connectivity index (χ0n) is 10.4. The summed E-state index contributed by atoms with van der Waals surface area (Å²) in [6, 6.07) is 1.89. The Morgan fingerprint density at radius 2 is 2.19 bits per heavy atom. The van der Waals surface area contributed by atoms with Gasteiger partial charge in [0.25, 0.3) is 0 Å². The van der Waals surface area contributed by atoms with Gasteiger partial charge in [-0.3, -0.25) is 14.4 Å². The Balaban J connectivity index is 2.67. The highest BCUT2D eigenvalue weighted by atomic mass is 16.2. The Morgan fingerprint density at radius 1 is 1.44 bits per heavy atom. The molecule has 4 nitrogen and oxygen atoms in total. The predicted molar refractivity (Wildman–Crippen MR) is 65.4 cm³/mol. The Kier molecular flexibility index (Phi) is 5.02. The summed E-state index contributed by atoms with van der Waals surface area (Å²) < 4.78 is 1.73. The highest BCUT2D eigenvalue weighted by molar-refractivity contribution is 5.92. The monoisotopic (exact) mass is 223 g/mol. The van der Waals surface area contributed by atoms with Gasteiger partial charge in [0.1, 0.15) is 0 Å². The van der Waals surface area contributed by atoms with E-state index in [1.54, 1.807) is 9.58 Å². The van der Waals surface area contributed by atoms with Crippen LogP contribution in [0.1, 0.15) is 39.5 Å². The van der Waals surface area contributed by atoms with E-state index in [4.69, 9.17) is 0 Å². The van der Waals surface area contributed by atoms with E-state index in [0.717, 1.165) is 31.6 Å². The first kappa shape index (κ1) is 12.7. The lowest BCUT2D eigenvalue weighted by Gasteiger charge is -2.19. The van der Waals surface area contributed by atoms with Crippen LogP contribution in [0.5, 0.6) is 0 Å².